The van der Waals surface area contributed by atoms with Crippen LogP contribution < -0.4 is 10.1 Å². The number of esters is 1. The zero-order valence-electron chi connectivity index (χ0n) is 21.8. The summed E-state index contributed by atoms with van der Waals surface area (Å²) in [6.45, 7) is 6.79. The van der Waals surface area contributed by atoms with E-state index in [0.717, 1.165) is 44.8 Å². The summed E-state index contributed by atoms with van der Waals surface area (Å²) in [5.74, 6) is -0.194. The van der Waals surface area contributed by atoms with Gasteiger partial charge >= 0.3 is 5.97 Å². The fourth-order valence-electron chi connectivity index (χ4n) is 4.50. The topological polar surface area (TPSA) is 93.0 Å². The molecule has 7 nitrogen and oxygen atoms in total. The molecule has 0 radical (unpaired) electrons. The summed E-state index contributed by atoms with van der Waals surface area (Å²) in [6, 6.07) is 17.9. The van der Waals surface area contributed by atoms with Gasteiger partial charge in [0.1, 0.15) is 11.4 Å². The molecule has 190 valence electrons. The third-order valence-corrected chi connectivity index (χ3v) is 6.68. The minimum Gasteiger partial charge on any atom is -0.497 e. The highest BCUT2D eigenvalue weighted by Crippen LogP contribution is 2.41. The Labute approximate surface area is 213 Å². The number of methoxy groups -OCH3 is 2. The van der Waals surface area contributed by atoms with E-state index >= 15 is 0 Å². The van der Waals surface area contributed by atoms with Crippen LogP contribution in [0.15, 0.2) is 59.7 Å². The van der Waals surface area contributed by atoms with E-state index in [1.165, 1.54) is 7.11 Å². The average molecular weight is 490 g/mol. The van der Waals surface area contributed by atoms with Gasteiger partial charge in [-0.25, -0.2) is 5.53 Å². The van der Waals surface area contributed by atoms with Crippen LogP contribution in [0.5, 0.6) is 5.75 Å². The number of rotatable bonds is 11. The Morgan fingerprint density at radius 1 is 1.03 bits per heavy atom. The highest BCUT2D eigenvalue weighted by Gasteiger charge is 2.30. The lowest BCUT2D eigenvalue weighted by Gasteiger charge is -2.27. The molecule has 0 aromatic heterocycles. The van der Waals surface area contributed by atoms with Gasteiger partial charge in [0.2, 0.25) is 0 Å². The summed E-state index contributed by atoms with van der Waals surface area (Å²) in [5, 5.41) is 6.84. The average Bonchev–Trinajstić information content (AvgIpc) is 2.90. The molecule has 2 N–H and O–H groups in total. The molecule has 0 saturated heterocycles. The molecule has 36 heavy (non-hydrogen) atoms. The quantitative estimate of drug-likeness (QED) is 0.232. The maximum Gasteiger partial charge on any atom is 0.309 e. The molecule has 3 aromatic carbocycles. The van der Waals surface area contributed by atoms with Crippen LogP contribution in [0.4, 0.5) is 11.4 Å². The van der Waals surface area contributed by atoms with Gasteiger partial charge < -0.3 is 19.5 Å². The van der Waals surface area contributed by atoms with Crippen molar-refractivity contribution in [3.8, 4) is 5.75 Å². The summed E-state index contributed by atoms with van der Waals surface area (Å²) in [4.78, 5) is 12.7. The number of aryl methyl sites for hydroxylation is 1. The van der Waals surface area contributed by atoms with Gasteiger partial charge in [0.15, 0.2) is 0 Å². The zero-order valence-corrected chi connectivity index (χ0v) is 21.8. The molecule has 3 rings (SSSR count). The van der Waals surface area contributed by atoms with E-state index < -0.39 is 5.92 Å². The van der Waals surface area contributed by atoms with Crippen molar-refractivity contribution in [2.24, 2.45) is 11.0 Å². The molecule has 2 atom stereocenters. The first kappa shape index (κ1) is 26.9. The predicted molar refractivity (Wildman–Crippen MR) is 141 cm³/mol. The molecule has 0 heterocycles. The molecular weight excluding hydrogens is 454 g/mol. The molecule has 2 unspecified atom stereocenters. The van der Waals surface area contributed by atoms with Crippen LogP contribution in [-0.4, -0.2) is 27.2 Å². The van der Waals surface area contributed by atoms with Crippen molar-refractivity contribution in [1.82, 2.24) is 0 Å². The number of nitrogens with zero attached hydrogens (tertiary/aromatic N) is 1. The summed E-state index contributed by atoms with van der Waals surface area (Å²) in [6.07, 6.45) is 0. The second-order valence-electron chi connectivity index (χ2n) is 8.85. The Hall–Kier alpha value is -3.71. The number of carbonyl (C=O) groups excluding carboxylic acids is 1. The smallest absolute Gasteiger partial charge is 0.309 e. The highest BCUT2D eigenvalue weighted by molar-refractivity contribution is 5.76. The van der Waals surface area contributed by atoms with Gasteiger partial charge in [-0.3, -0.25) is 4.79 Å². The Balaban J connectivity index is 1.94. The Morgan fingerprint density at radius 2 is 1.75 bits per heavy atom. The number of carbonyl (C=O) groups is 1. The van der Waals surface area contributed by atoms with Crippen LogP contribution in [0, 0.1) is 25.3 Å². The minimum atomic E-state index is -0.441. The third-order valence-electron chi connectivity index (χ3n) is 6.68. The fraction of sp³-hybridized carbons (Fsp3) is 0.345. The second-order valence-corrected chi connectivity index (χ2v) is 8.85. The normalized spacial score (nSPS) is 12.5. The van der Waals surface area contributed by atoms with Crippen LogP contribution in [-0.2, 0) is 27.5 Å². The lowest BCUT2D eigenvalue weighted by Crippen LogP contribution is -2.23. The molecule has 0 fully saturated rings. The Kier molecular flexibility index (Phi) is 9.19. The molecule has 7 heteroatoms. The highest BCUT2D eigenvalue weighted by atomic mass is 16.5. The monoisotopic (exact) mass is 489 g/mol. The number of benzene rings is 3. The Morgan fingerprint density at radius 3 is 2.36 bits per heavy atom. The second kappa shape index (κ2) is 12.3. The first-order valence-corrected chi connectivity index (χ1v) is 11.9. The zero-order chi connectivity index (χ0) is 26.2. The fourth-order valence-corrected chi connectivity index (χ4v) is 4.50. The largest absolute Gasteiger partial charge is 0.497 e. The molecule has 0 saturated carbocycles. The van der Waals surface area contributed by atoms with E-state index in [2.05, 4.69) is 35.6 Å². The predicted octanol–water partition coefficient (Wildman–Crippen LogP) is 6.67. The van der Waals surface area contributed by atoms with Crippen LogP contribution in [0.1, 0.15) is 46.2 Å². The lowest BCUT2D eigenvalue weighted by atomic mass is 9.78. The van der Waals surface area contributed by atoms with E-state index in [1.807, 2.05) is 50.2 Å². The van der Waals surface area contributed by atoms with Crippen molar-refractivity contribution >= 4 is 17.3 Å². The third kappa shape index (κ3) is 5.91. The van der Waals surface area contributed by atoms with Gasteiger partial charge in [0.25, 0.3) is 0 Å². The van der Waals surface area contributed by atoms with Crippen LogP contribution in [0.25, 0.3) is 0 Å². The molecule has 0 spiro atoms. The summed E-state index contributed by atoms with van der Waals surface area (Å²) < 4.78 is 16.4. The van der Waals surface area contributed by atoms with Gasteiger partial charge in [-0.05, 0) is 65.4 Å². The van der Waals surface area contributed by atoms with Crippen molar-refractivity contribution < 1.29 is 19.0 Å². The molecule has 0 aliphatic carbocycles. The van der Waals surface area contributed by atoms with E-state index in [4.69, 9.17) is 19.7 Å². The number of nitrogens with one attached hydrogen (secondary N) is 2. The number of hydrogen-bond acceptors (Lipinski definition) is 7. The minimum absolute atomic E-state index is 0.273. The van der Waals surface area contributed by atoms with Crippen molar-refractivity contribution in [2.75, 3.05) is 26.6 Å². The van der Waals surface area contributed by atoms with Crippen LogP contribution in [0.2, 0.25) is 0 Å². The van der Waals surface area contributed by atoms with Crippen molar-refractivity contribution in [3.63, 3.8) is 0 Å². The van der Waals surface area contributed by atoms with E-state index in [1.54, 1.807) is 14.2 Å². The number of anilines is 1. The molecule has 0 aliphatic heterocycles. The molecule has 0 amide bonds. The standard InChI is InChI=1S/C29H35N3O4/c1-18-7-10-22(15-23(18)17-36-16-21-8-11-24(34-5)12-9-21)27(20(3)29(33)35-6)25-13-14-26(31-4)28(32-30)19(25)2/h7-15,20,27,30-31H,16-17H2,1-6H3. The van der Waals surface area contributed by atoms with E-state index in [9.17, 15) is 4.79 Å². The van der Waals surface area contributed by atoms with Crippen molar-refractivity contribution in [2.45, 2.75) is 39.9 Å². The number of hydrogen-bond donors (Lipinski definition) is 2. The molecule has 3 aromatic rings. The maximum atomic E-state index is 12.7. The van der Waals surface area contributed by atoms with Crippen molar-refractivity contribution in [3.05, 3.63) is 88.0 Å². The van der Waals surface area contributed by atoms with E-state index in [0.29, 0.717) is 18.9 Å². The summed E-state index contributed by atoms with van der Waals surface area (Å²) in [5.41, 5.74) is 15.0. The number of ether oxygens (including phenoxy) is 3. The van der Waals surface area contributed by atoms with E-state index in [-0.39, 0.29) is 11.9 Å². The summed E-state index contributed by atoms with van der Waals surface area (Å²) >= 11 is 0. The first-order chi connectivity index (χ1) is 17.3. The molecular formula is C29H35N3O4. The lowest BCUT2D eigenvalue weighted by molar-refractivity contribution is -0.145. The van der Waals surface area contributed by atoms with Crippen LogP contribution in [0.3, 0.4) is 0 Å². The van der Waals surface area contributed by atoms with Gasteiger partial charge in [0, 0.05) is 13.0 Å². The Bertz CT molecular complexity index is 1210. The van der Waals surface area contributed by atoms with Gasteiger partial charge in [-0.2, -0.15) is 5.11 Å². The van der Waals surface area contributed by atoms with Gasteiger partial charge in [0.05, 0.1) is 39.0 Å². The molecule has 0 bridgehead atoms. The SMILES string of the molecule is CNc1ccc(C(c2ccc(C)c(COCc3ccc(OC)cc3)c2)C(C)C(=O)OC)c(C)c1N=N. The van der Waals surface area contributed by atoms with Crippen molar-refractivity contribution in [1.29, 1.82) is 5.53 Å². The van der Waals surface area contributed by atoms with Gasteiger partial charge in [-0.15, -0.1) is 0 Å². The van der Waals surface area contributed by atoms with Crippen LogP contribution >= 0.6 is 0 Å². The summed E-state index contributed by atoms with van der Waals surface area (Å²) in [7, 11) is 4.86. The van der Waals surface area contributed by atoms with Gasteiger partial charge in [-0.1, -0.05) is 43.3 Å². The molecule has 0 aliphatic rings. The maximum absolute atomic E-state index is 12.7. The first-order valence-electron chi connectivity index (χ1n) is 11.9.